The number of ether oxygens (including phenoxy) is 1. The molecule has 0 unspecified atom stereocenters. The zero-order valence-corrected chi connectivity index (χ0v) is 11.4. The van der Waals surface area contributed by atoms with Gasteiger partial charge in [0, 0.05) is 18.0 Å². The van der Waals surface area contributed by atoms with E-state index in [4.69, 9.17) is 5.26 Å². The van der Waals surface area contributed by atoms with Crippen molar-refractivity contribution in [3.8, 4) is 17.5 Å². The quantitative estimate of drug-likeness (QED) is 0.629. The average Bonchev–Trinajstić information content (AvgIpc) is 2.56. The molecule has 0 fully saturated rings. The van der Waals surface area contributed by atoms with Crippen LogP contribution in [0.25, 0.3) is 11.4 Å². The maximum Gasteiger partial charge on any atom is 0.367 e. The maximum atomic E-state index is 11.2. The van der Waals surface area contributed by atoms with Crippen molar-refractivity contribution in [1.29, 1.82) is 5.26 Å². The van der Waals surface area contributed by atoms with E-state index in [1.54, 1.807) is 24.5 Å². The van der Waals surface area contributed by atoms with E-state index < -0.39 is 5.97 Å². The Hall–Kier alpha value is -3.07. The molecule has 6 nitrogen and oxygen atoms in total. The molecular formula is C15H12N4O2. The molecule has 0 aliphatic rings. The summed E-state index contributed by atoms with van der Waals surface area (Å²) in [4.78, 5) is 23.5. The number of esters is 1. The van der Waals surface area contributed by atoms with Crippen molar-refractivity contribution in [3.63, 3.8) is 0 Å². The van der Waals surface area contributed by atoms with E-state index in [1.165, 1.54) is 7.11 Å². The van der Waals surface area contributed by atoms with E-state index in [2.05, 4.69) is 19.7 Å². The topological polar surface area (TPSA) is 88.2 Å². The highest BCUT2D eigenvalue weighted by Gasteiger charge is 2.09. The van der Waals surface area contributed by atoms with Crippen molar-refractivity contribution < 1.29 is 9.53 Å². The predicted octanol–water partition coefficient (Wildman–Crippen LogP) is 1.78. The molecule has 0 aliphatic carbocycles. The van der Waals surface area contributed by atoms with Gasteiger partial charge in [0.15, 0.2) is 5.82 Å². The summed E-state index contributed by atoms with van der Waals surface area (Å²) in [6.45, 7) is 0.230. The summed E-state index contributed by atoms with van der Waals surface area (Å²) >= 11 is 0. The van der Waals surface area contributed by atoms with Crippen molar-refractivity contribution in [3.05, 3.63) is 48.3 Å². The normalized spacial score (nSPS) is 10.8. The van der Waals surface area contributed by atoms with Crippen LogP contribution in [0.15, 0.2) is 47.7 Å². The molecule has 0 aliphatic heterocycles. The Balaban J connectivity index is 2.12. The molecule has 2 rings (SSSR count). The largest absolute Gasteiger partial charge is 0.464 e. The fourth-order valence-electron chi connectivity index (χ4n) is 1.62. The van der Waals surface area contributed by atoms with Gasteiger partial charge in [-0.3, -0.25) is 4.99 Å². The Bertz CT molecular complexity index is 688. The first-order chi connectivity index (χ1) is 10.2. The van der Waals surface area contributed by atoms with Crippen LogP contribution in [0.4, 0.5) is 0 Å². The lowest BCUT2D eigenvalue weighted by Crippen LogP contribution is -2.13. The molecule has 0 spiro atoms. The molecule has 1 aromatic carbocycles. The van der Waals surface area contributed by atoms with Crippen molar-refractivity contribution in [1.82, 2.24) is 9.97 Å². The molecule has 0 N–H and O–H groups in total. The molecule has 21 heavy (non-hydrogen) atoms. The van der Waals surface area contributed by atoms with Gasteiger partial charge in [-0.05, 0) is 11.6 Å². The average molecular weight is 280 g/mol. The summed E-state index contributed by atoms with van der Waals surface area (Å²) in [7, 11) is 1.21. The van der Waals surface area contributed by atoms with E-state index >= 15 is 0 Å². The van der Waals surface area contributed by atoms with Crippen molar-refractivity contribution in [2.75, 3.05) is 7.11 Å². The number of rotatable bonds is 4. The fraction of sp³-hybridized carbons (Fsp3) is 0.133. The lowest BCUT2D eigenvalue weighted by atomic mass is 10.1. The zero-order valence-electron chi connectivity index (χ0n) is 11.4. The van der Waals surface area contributed by atoms with E-state index in [9.17, 15) is 4.79 Å². The van der Waals surface area contributed by atoms with Gasteiger partial charge < -0.3 is 4.74 Å². The van der Waals surface area contributed by atoms with Gasteiger partial charge in [-0.2, -0.15) is 5.26 Å². The zero-order chi connectivity index (χ0) is 15.1. The van der Waals surface area contributed by atoms with E-state index in [0.717, 1.165) is 11.1 Å². The number of aliphatic imine (C=N–C) groups is 1. The minimum atomic E-state index is -0.730. The summed E-state index contributed by atoms with van der Waals surface area (Å²) in [5.74, 6) is -0.0911. The number of hydrogen-bond acceptors (Lipinski definition) is 6. The van der Waals surface area contributed by atoms with Gasteiger partial charge in [0.25, 0.3) is 0 Å². The highest BCUT2D eigenvalue weighted by atomic mass is 16.5. The van der Waals surface area contributed by atoms with Gasteiger partial charge in [0.2, 0.25) is 5.71 Å². The van der Waals surface area contributed by atoms with Crippen LogP contribution in [0.5, 0.6) is 0 Å². The Morgan fingerprint density at radius 3 is 2.52 bits per heavy atom. The molecule has 2 aromatic rings. The van der Waals surface area contributed by atoms with Gasteiger partial charge >= 0.3 is 5.97 Å². The van der Waals surface area contributed by atoms with Crippen LogP contribution in [-0.2, 0) is 16.1 Å². The van der Waals surface area contributed by atoms with Crippen LogP contribution in [0.3, 0.4) is 0 Å². The lowest BCUT2D eigenvalue weighted by molar-refractivity contribution is -0.132. The number of carbonyl (C=O) groups is 1. The van der Waals surface area contributed by atoms with E-state index in [-0.39, 0.29) is 12.3 Å². The molecule has 0 bridgehead atoms. The SMILES string of the molecule is COC(=O)C(C#N)=NCc1ccc(-c2ncccn2)cc1. The number of hydrogen-bond donors (Lipinski definition) is 0. The first-order valence-corrected chi connectivity index (χ1v) is 6.14. The van der Waals surface area contributed by atoms with E-state index in [1.807, 2.05) is 24.3 Å². The van der Waals surface area contributed by atoms with Crippen LogP contribution >= 0.6 is 0 Å². The highest BCUT2D eigenvalue weighted by molar-refractivity contribution is 6.43. The molecule has 0 radical (unpaired) electrons. The monoisotopic (exact) mass is 280 g/mol. The van der Waals surface area contributed by atoms with Crippen LogP contribution in [0, 0.1) is 11.3 Å². The van der Waals surface area contributed by atoms with Crippen LogP contribution in [0.2, 0.25) is 0 Å². The first kappa shape index (κ1) is 14.3. The van der Waals surface area contributed by atoms with E-state index in [0.29, 0.717) is 5.82 Å². The summed E-state index contributed by atoms with van der Waals surface area (Å²) in [5, 5.41) is 8.80. The molecule has 0 amide bonds. The minimum absolute atomic E-state index is 0.230. The highest BCUT2D eigenvalue weighted by Crippen LogP contribution is 2.15. The molecule has 1 aromatic heterocycles. The van der Waals surface area contributed by atoms with Gasteiger partial charge in [0.1, 0.15) is 6.07 Å². The van der Waals surface area contributed by atoms with Crippen molar-refractivity contribution in [2.45, 2.75) is 6.54 Å². The maximum absolute atomic E-state index is 11.2. The predicted molar refractivity (Wildman–Crippen MR) is 76.2 cm³/mol. The lowest BCUT2D eigenvalue weighted by Gasteiger charge is -2.01. The smallest absolute Gasteiger partial charge is 0.367 e. The molecule has 0 saturated heterocycles. The fourth-order valence-corrected chi connectivity index (χ4v) is 1.62. The van der Waals surface area contributed by atoms with Gasteiger partial charge in [0.05, 0.1) is 13.7 Å². The first-order valence-electron chi connectivity index (χ1n) is 6.14. The Morgan fingerprint density at radius 1 is 1.29 bits per heavy atom. The molecule has 104 valence electrons. The second kappa shape index (κ2) is 6.91. The Labute approximate surface area is 121 Å². The van der Waals surface area contributed by atoms with Crippen LogP contribution in [0.1, 0.15) is 5.56 Å². The third-order valence-corrected chi connectivity index (χ3v) is 2.68. The minimum Gasteiger partial charge on any atom is -0.464 e. The summed E-state index contributed by atoms with van der Waals surface area (Å²) in [6.07, 6.45) is 3.35. The standard InChI is InChI=1S/C15H12N4O2/c1-21-15(20)13(9-16)19-10-11-3-5-12(6-4-11)14-17-7-2-8-18-14/h2-8H,10H2,1H3. The number of carbonyl (C=O) groups excluding carboxylic acids is 1. The Kier molecular flexibility index (Phi) is 4.72. The molecule has 6 heteroatoms. The third-order valence-electron chi connectivity index (χ3n) is 2.68. The number of nitriles is 1. The molecule has 0 saturated carbocycles. The second-order valence-corrected chi connectivity index (χ2v) is 4.04. The van der Waals surface area contributed by atoms with Gasteiger partial charge in [-0.15, -0.1) is 0 Å². The number of benzene rings is 1. The van der Waals surface area contributed by atoms with Crippen LogP contribution in [-0.4, -0.2) is 28.8 Å². The van der Waals surface area contributed by atoms with Crippen molar-refractivity contribution >= 4 is 11.7 Å². The van der Waals surface area contributed by atoms with Gasteiger partial charge in [-0.25, -0.2) is 14.8 Å². The summed E-state index contributed by atoms with van der Waals surface area (Å²) in [5.41, 5.74) is 1.51. The van der Waals surface area contributed by atoms with Crippen molar-refractivity contribution in [2.24, 2.45) is 4.99 Å². The third kappa shape index (κ3) is 3.70. The van der Waals surface area contributed by atoms with Gasteiger partial charge in [-0.1, -0.05) is 24.3 Å². The number of nitrogens with zero attached hydrogens (tertiary/aromatic N) is 4. The number of methoxy groups -OCH3 is 1. The second-order valence-electron chi connectivity index (χ2n) is 4.04. The number of aromatic nitrogens is 2. The molecule has 1 heterocycles. The molecular weight excluding hydrogens is 268 g/mol. The Morgan fingerprint density at radius 2 is 1.95 bits per heavy atom. The molecule has 0 atom stereocenters. The van der Waals surface area contributed by atoms with Crippen LogP contribution < -0.4 is 0 Å². The summed E-state index contributed by atoms with van der Waals surface area (Å²) < 4.78 is 4.46. The summed E-state index contributed by atoms with van der Waals surface area (Å²) in [6, 6.07) is 10.9.